The Bertz CT molecular complexity index is 738. The number of fused-ring (bicyclic) bond motifs is 2. The van der Waals surface area contributed by atoms with Gasteiger partial charge in [0, 0.05) is 68.1 Å². The largest absolute Gasteiger partial charge is 0.332 e. The summed E-state index contributed by atoms with van der Waals surface area (Å²) in [5.74, 6) is 1.75. The van der Waals surface area contributed by atoms with Gasteiger partial charge < -0.3 is 9.80 Å². The summed E-state index contributed by atoms with van der Waals surface area (Å²) in [6.45, 7) is 9.15. The van der Waals surface area contributed by atoms with Crippen molar-refractivity contribution < 1.29 is 4.79 Å². The number of aromatic nitrogens is 2. The summed E-state index contributed by atoms with van der Waals surface area (Å²) in [7, 11) is 4.44. The van der Waals surface area contributed by atoms with Crippen molar-refractivity contribution in [3.63, 3.8) is 0 Å². The number of likely N-dealkylation sites (N-methyl/N-ethyl adjacent to an activating group) is 1. The van der Waals surface area contributed by atoms with E-state index < -0.39 is 0 Å². The Morgan fingerprint density at radius 3 is 2.23 bits per heavy atom. The summed E-state index contributed by atoms with van der Waals surface area (Å²) in [4.78, 5) is 28.7. The van der Waals surface area contributed by atoms with E-state index in [4.69, 9.17) is 9.97 Å². The van der Waals surface area contributed by atoms with Gasteiger partial charge in [0.05, 0.1) is 0 Å². The molecule has 172 valence electrons. The molecule has 1 aromatic rings. The molecule has 0 aromatic carbocycles. The molecule has 1 spiro atoms. The normalized spacial score (nSPS) is 34.2. The maximum Gasteiger partial charge on any atom is 0.225 e. The van der Waals surface area contributed by atoms with Crippen LogP contribution in [-0.2, 0) is 11.3 Å². The van der Waals surface area contributed by atoms with Gasteiger partial charge in [-0.3, -0.25) is 9.69 Å². The quantitative estimate of drug-likeness (QED) is 0.689. The molecule has 2 saturated carbocycles. The van der Waals surface area contributed by atoms with E-state index in [1.54, 1.807) is 0 Å². The minimum absolute atomic E-state index is 0.358. The van der Waals surface area contributed by atoms with Gasteiger partial charge in [0.25, 0.3) is 0 Å². The second-order valence-electron chi connectivity index (χ2n) is 10.3. The zero-order valence-electron chi connectivity index (χ0n) is 20.2. The number of hydrogen-bond acceptors (Lipinski definition) is 6. The van der Waals surface area contributed by atoms with E-state index in [0.29, 0.717) is 41.7 Å². The second kappa shape index (κ2) is 9.14. The van der Waals surface area contributed by atoms with Gasteiger partial charge in [-0.05, 0) is 58.0 Å². The van der Waals surface area contributed by atoms with Crippen LogP contribution >= 0.6 is 0 Å². The van der Waals surface area contributed by atoms with E-state index in [1.165, 1.54) is 31.2 Å². The summed E-state index contributed by atoms with van der Waals surface area (Å²) in [6.07, 6.45) is 12.1. The van der Waals surface area contributed by atoms with Crippen molar-refractivity contribution in [2.45, 2.75) is 90.4 Å². The molecule has 6 heteroatoms. The molecule has 2 unspecified atom stereocenters. The highest BCUT2D eigenvalue weighted by atomic mass is 16.1. The fourth-order valence-corrected chi connectivity index (χ4v) is 6.51. The van der Waals surface area contributed by atoms with Crippen molar-refractivity contribution in [3.8, 4) is 0 Å². The summed E-state index contributed by atoms with van der Waals surface area (Å²) < 4.78 is 0. The third kappa shape index (κ3) is 4.38. The number of carbonyl (C=O) groups is 1. The van der Waals surface area contributed by atoms with Crippen LogP contribution in [0.15, 0.2) is 12.4 Å². The van der Waals surface area contributed by atoms with Gasteiger partial charge >= 0.3 is 0 Å². The van der Waals surface area contributed by atoms with Gasteiger partial charge in [0.2, 0.25) is 5.95 Å². The lowest BCUT2D eigenvalue weighted by atomic mass is 9.49. The predicted molar refractivity (Wildman–Crippen MR) is 125 cm³/mol. The molecule has 3 heterocycles. The Morgan fingerprint density at radius 1 is 1.10 bits per heavy atom. The van der Waals surface area contributed by atoms with Crippen LogP contribution in [0, 0.1) is 11.3 Å². The molecule has 0 radical (unpaired) electrons. The Hall–Kier alpha value is -1.53. The zero-order valence-corrected chi connectivity index (χ0v) is 20.2. The number of nitrogens with zero attached hydrogens (tertiary/aromatic N) is 5. The smallest absolute Gasteiger partial charge is 0.225 e. The van der Waals surface area contributed by atoms with E-state index >= 15 is 0 Å². The average Bonchev–Trinajstić information content (AvgIpc) is 2.98. The number of ketones is 1. The van der Waals surface area contributed by atoms with Crippen molar-refractivity contribution in [2.24, 2.45) is 11.3 Å². The van der Waals surface area contributed by atoms with Crippen molar-refractivity contribution in [1.82, 2.24) is 19.8 Å². The molecule has 4 fully saturated rings. The third-order valence-electron chi connectivity index (χ3n) is 8.14. The summed E-state index contributed by atoms with van der Waals surface area (Å²) in [5.41, 5.74) is 1.68. The highest BCUT2D eigenvalue weighted by Crippen LogP contribution is 2.60. The van der Waals surface area contributed by atoms with E-state index in [2.05, 4.69) is 28.8 Å². The first kappa shape index (κ1) is 22.7. The first-order valence-corrected chi connectivity index (χ1v) is 12.5. The molecule has 2 saturated heterocycles. The summed E-state index contributed by atoms with van der Waals surface area (Å²) >= 11 is 0. The Balaban J connectivity index is 0.00000112. The second-order valence-corrected chi connectivity index (χ2v) is 10.3. The molecule has 4 aliphatic rings. The maximum absolute atomic E-state index is 11.9. The van der Waals surface area contributed by atoms with Crippen molar-refractivity contribution in [1.29, 1.82) is 0 Å². The van der Waals surface area contributed by atoms with Crippen LogP contribution in [0.4, 0.5) is 5.95 Å². The van der Waals surface area contributed by atoms with Crippen LogP contribution in [0.5, 0.6) is 0 Å². The monoisotopic (exact) mass is 427 g/mol. The molecule has 2 atom stereocenters. The number of piperazine rings is 1. The minimum Gasteiger partial charge on any atom is -0.332 e. The fraction of sp³-hybridized carbons (Fsp3) is 0.800. The zero-order chi connectivity index (χ0) is 22.2. The van der Waals surface area contributed by atoms with Crippen LogP contribution in [0.1, 0.15) is 71.3 Å². The number of Topliss-reactive ketones (excluding diaryl/α,β-unsaturated/α-hetero) is 1. The van der Waals surface area contributed by atoms with Crippen LogP contribution in [-0.4, -0.2) is 70.9 Å². The first-order valence-electron chi connectivity index (χ1n) is 12.5. The number of rotatable bonds is 6. The van der Waals surface area contributed by atoms with E-state index in [9.17, 15) is 4.79 Å². The van der Waals surface area contributed by atoms with Crippen LogP contribution in [0.25, 0.3) is 0 Å². The molecule has 5 rings (SSSR count). The minimum atomic E-state index is 0.358. The molecule has 0 amide bonds. The standard InChI is InChI=1S/C23H35N5O.C2H6/c1-4-21(29)17-7-23(8-17)9-20(10-23)27(3)13-16-11-24-22(25-12-16)28-18-5-6-19(28)15-26(2)14-18;1-2/h11-12,17-20H,4-10,13-15H2,1-3H3;1-2H3. The van der Waals surface area contributed by atoms with Gasteiger partial charge in [-0.15, -0.1) is 0 Å². The summed E-state index contributed by atoms with van der Waals surface area (Å²) in [5, 5.41) is 0. The molecule has 31 heavy (non-hydrogen) atoms. The van der Waals surface area contributed by atoms with Gasteiger partial charge in [0.1, 0.15) is 5.78 Å². The topological polar surface area (TPSA) is 52.6 Å². The SMILES string of the molecule is CC.CCC(=O)C1CC2(C1)CC(N(C)Cc1cnc(N3C4CCC3CN(C)C4)nc1)C2. The first-order chi connectivity index (χ1) is 15.0. The molecular formula is C25H41N5O. The predicted octanol–water partition coefficient (Wildman–Crippen LogP) is 3.76. The molecular weight excluding hydrogens is 386 g/mol. The number of carbonyl (C=O) groups excluding carboxylic acids is 1. The Labute approximate surface area is 188 Å². The highest BCUT2D eigenvalue weighted by molar-refractivity contribution is 5.81. The molecule has 0 N–H and O–H groups in total. The van der Waals surface area contributed by atoms with Crippen molar-refractivity contribution in [2.75, 3.05) is 32.1 Å². The van der Waals surface area contributed by atoms with E-state index in [1.807, 2.05) is 33.2 Å². The van der Waals surface area contributed by atoms with Gasteiger partial charge in [-0.25, -0.2) is 9.97 Å². The van der Waals surface area contributed by atoms with Crippen LogP contribution < -0.4 is 4.90 Å². The van der Waals surface area contributed by atoms with E-state index in [-0.39, 0.29) is 0 Å². The lowest BCUT2D eigenvalue weighted by molar-refractivity contribution is -0.140. The maximum atomic E-state index is 11.9. The van der Waals surface area contributed by atoms with Crippen molar-refractivity contribution in [3.05, 3.63) is 18.0 Å². The highest BCUT2D eigenvalue weighted by Gasteiger charge is 2.54. The van der Waals surface area contributed by atoms with Gasteiger partial charge in [0.15, 0.2) is 0 Å². The molecule has 2 bridgehead atoms. The molecule has 2 aliphatic carbocycles. The summed E-state index contributed by atoms with van der Waals surface area (Å²) in [6, 6.07) is 1.79. The third-order valence-corrected chi connectivity index (χ3v) is 8.14. The number of likely N-dealkylation sites (tertiary alicyclic amines) is 1. The van der Waals surface area contributed by atoms with Crippen LogP contribution in [0.2, 0.25) is 0 Å². The van der Waals surface area contributed by atoms with Crippen molar-refractivity contribution >= 4 is 11.7 Å². The average molecular weight is 428 g/mol. The number of hydrogen-bond donors (Lipinski definition) is 0. The fourth-order valence-electron chi connectivity index (χ4n) is 6.51. The molecule has 6 nitrogen and oxygen atoms in total. The van der Waals surface area contributed by atoms with Gasteiger partial charge in [-0.1, -0.05) is 20.8 Å². The Morgan fingerprint density at radius 2 is 1.68 bits per heavy atom. The van der Waals surface area contributed by atoms with E-state index in [0.717, 1.165) is 38.4 Å². The van der Waals surface area contributed by atoms with Crippen LogP contribution in [0.3, 0.4) is 0 Å². The lowest BCUT2D eigenvalue weighted by Crippen LogP contribution is -2.56. The number of anilines is 1. The molecule has 2 aliphatic heterocycles. The molecule has 1 aromatic heterocycles. The Kier molecular flexibility index (Phi) is 6.68. The van der Waals surface area contributed by atoms with Gasteiger partial charge in [-0.2, -0.15) is 0 Å². The lowest BCUT2D eigenvalue weighted by Gasteiger charge is -2.59.